The predicted molar refractivity (Wildman–Crippen MR) is 139 cm³/mol. The summed E-state index contributed by atoms with van der Waals surface area (Å²) in [7, 11) is 0. The average Bonchev–Trinajstić information content (AvgIpc) is 3.34. The van der Waals surface area contributed by atoms with Crippen LogP contribution in [0, 0.1) is 11.3 Å². The number of carbonyl (C=O) groups is 2. The second kappa shape index (κ2) is 10.8. The van der Waals surface area contributed by atoms with Crippen molar-refractivity contribution >= 4 is 23.5 Å². The molecule has 0 N–H and O–H groups in total. The normalized spacial score (nSPS) is 25.9. The van der Waals surface area contributed by atoms with Gasteiger partial charge in [-0.25, -0.2) is 9.78 Å². The van der Waals surface area contributed by atoms with Gasteiger partial charge in [-0.1, -0.05) is 6.08 Å². The van der Waals surface area contributed by atoms with Crippen LogP contribution in [0.2, 0.25) is 0 Å². The predicted octanol–water partition coefficient (Wildman–Crippen LogP) is 3.96. The molecule has 196 valence electrons. The summed E-state index contributed by atoms with van der Waals surface area (Å²) in [5, 5.41) is 0. The molecule has 4 aliphatic rings. The molecule has 1 amide bonds. The van der Waals surface area contributed by atoms with E-state index in [0.29, 0.717) is 24.7 Å². The molecule has 1 spiro atoms. The van der Waals surface area contributed by atoms with Crippen LogP contribution in [0.4, 0.5) is 10.6 Å². The van der Waals surface area contributed by atoms with E-state index in [-0.39, 0.29) is 18.0 Å². The fourth-order valence-corrected chi connectivity index (χ4v) is 6.63. The van der Waals surface area contributed by atoms with Crippen LogP contribution in [0.25, 0.3) is 5.57 Å². The third-order valence-electron chi connectivity index (χ3n) is 8.55. The Hall–Kier alpha value is -2.61. The number of nitrogens with zero attached hydrogens (tertiary/aromatic N) is 4. The zero-order valence-corrected chi connectivity index (χ0v) is 21.8. The molecule has 0 radical (unpaired) electrons. The lowest BCUT2D eigenvalue weighted by Gasteiger charge is -2.48. The number of rotatable bonds is 6. The van der Waals surface area contributed by atoms with Crippen LogP contribution >= 0.6 is 0 Å². The Morgan fingerprint density at radius 1 is 1.08 bits per heavy atom. The molecular weight excluding hydrogens is 456 g/mol. The highest BCUT2D eigenvalue weighted by Crippen LogP contribution is 2.47. The maximum Gasteiger partial charge on any atom is 0.409 e. The zero-order chi connectivity index (χ0) is 25.1. The second-order valence-corrected chi connectivity index (χ2v) is 10.8. The maximum absolute atomic E-state index is 12.1. The van der Waals surface area contributed by atoms with Gasteiger partial charge in [-0.15, -0.1) is 0 Å². The Morgan fingerprint density at radius 2 is 1.86 bits per heavy atom. The monoisotopic (exact) mass is 496 g/mol. The molecule has 1 aromatic rings. The summed E-state index contributed by atoms with van der Waals surface area (Å²) in [6, 6.07) is 4.81. The van der Waals surface area contributed by atoms with Crippen LogP contribution in [-0.2, 0) is 14.3 Å². The van der Waals surface area contributed by atoms with Gasteiger partial charge in [0.05, 0.1) is 19.1 Å². The lowest BCUT2D eigenvalue weighted by Crippen LogP contribution is -2.58. The molecule has 2 aliphatic carbocycles. The number of amides is 1. The van der Waals surface area contributed by atoms with Gasteiger partial charge in [-0.3, -0.25) is 9.69 Å². The smallest absolute Gasteiger partial charge is 0.409 e. The summed E-state index contributed by atoms with van der Waals surface area (Å²) in [6.45, 7) is 10.4. The first kappa shape index (κ1) is 25.1. The Kier molecular flexibility index (Phi) is 7.51. The molecule has 36 heavy (non-hydrogen) atoms. The summed E-state index contributed by atoms with van der Waals surface area (Å²) in [6.07, 6.45) is 10.0. The standard InChI is InChI=1S/C28H40N4O4/c1-3-35-26(33)22-9-7-21(8-10-22)24-6-5-13-29-25(24)31-16-14-30(15-17-31)23-11-12-28(18-23)19-32(20-28)27(34)36-4-2/h5-7,13,22-23H,3-4,8-12,14-20H2,1-2H3/t22?,23-/m1/s1. The van der Waals surface area contributed by atoms with Crippen molar-refractivity contribution < 1.29 is 19.1 Å². The van der Waals surface area contributed by atoms with Gasteiger partial charge < -0.3 is 19.3 Å². The van der Waals surface area contributed by atoms with Crippen LogP contribution in [-0.4, -0.2) is 85.4 Å². The fourth-order valence-electron chi connectivity index (χ4n) is 6.63. The molecule has 2 aliphatic heterocycles. The highest BCUT2D eigenvalue weighted by atomic mass is 16.6. The van der Waals surface area contributed by atoms with E-state index < -0.39 is 0 Å². The minimum Gasteiger partial charge on any atom is -0.466 e. The van der Waals surface area contributed by atoms with E-state index in [4.69, 9.17) is 14.5 Å². The van der Waals surface area contributed by atoms with Crippen LogP contribution in [0.1, 0.15) is 57.9 Å². The summed E-state index contributed by atoms with van der Waals surface area (Å²) < 4.78 is 10.4. The second-order valence-electron chi connectivity index (χ2n) is 10.8. The number of likely N-dealkylation sites (tertiary alicyclic amines) is 1. The molecule has 8 heteroatoms. The first-order valence-corrected chi connectivity index (χ1v) is 13.7. The van der Waals surface area contributed by atoms with Crippen molar-refractivity contribution in [3.63, 3.8) is 0 Å². The maximum atomic E-state index is 12.1. The molecule has 1 unspecified atom stereocenters. The van der Waals surface area contributed by atoms with E-state index in [1.54, 1.807) is 0 Å². The third kappa shape index (κ3) is 5.10. The molecule has 0 aromatic carbocycles. The first-order valence-electron chi connectivity index (χ1n) is 13.7. The van der Waals surface area contributed by atoms with Crippen LogP contribution in [0.5, 0.6) is 0 Å². The minimum absolute atomic E-state index is 0.0212. The molecule has 3 fully saturated rings. The number of ether oxygens (including phenoxy) is 2. The number of esters is 1. The number of hydrogen-bond donors (Lipinski definition) is 0. The van der Waals surface area contributed by atoms with E-state index in [2.05, 4.69) is 21.9 Å². The number of carbonyl (C=O) groups excluding carboxylic acids is 2. The van der Waals surface area contributed by atoms with Gasteiger partial charge in [0.1, 0.15) is 5.82 Å². The van der Waals surface area contributed by atoms with Crippen molar-refractivity contribution in [2.45, 2.75) is 58.4 Å². The van der Waals surface area contributed by atoms with Crippen molar-refractivity contribution in [3.05, 3.63) is 30.0 Å². The molecule has 2 atom stereocenters. The fraction of sp³-hybridized carbons (Fsp3) is 0.679. The summed E-state index contributed by atoms with van der Waals surface area (Å²) in [5.74, 6) is 0.983. The van der Waals surface area contributed by atoms with E-state index >= 15 is 0 Å². The van der Waals surface area contributed by atoms with Crippen LogP contribution in [0.15, 0.2) is 24.4 Å². The van der Waals surface area contributed by atoms with Crippen molar-refractivity contribution in [1.82, 2.24) is 14.8 Å². The number of anilines is 1. The van der Waals surface area contributed by atoms with E-state index in [9.17, 15) is 9.59 Å². The minimum atomic E-state index is -0.157. The lowest BCUT2D eigenvalue weighted by molar-refractivity contribution is -0.148. The summed E-state index contributed by atoms with van der Waals surface area (Å²) in [4.78, 5) is 35.9. The van der Waals surface area contributed by atoms with Crippen LogP contribution < -0.4 is 4.90 Å². The molecule has 8 nitrogen and oxygen atoms in total. The SMILES string of the molecule is CCOC(=O)C1CC=C(c2cccnc2N2CCN([C@@H]3CCC4(C3)CN(C(=O)OCC)C4)CC2)CC1. The van der Waals surface area contributed by atoms with E-state index in [1.165, 1.54) is 30.4 Å². The topological polar surface area (TPSA) is 75.2 Å². The van der Waals surface area contributed by atoms with Crippen LogP contribution in [0.3, 0.4) is 0 Å². The van der Waals surface area contributed by atoms with Crippen molar-refractivity contribution in [1.29, 1.82) is 0 Å². The third-order valence-corrected chi connectivity index (χ3v) is 8.55. The number of piperazine rings is 1. The molecule has 1 aromatic heterocycles. The Balaban J connectivity index is 1.15. The summed E-state index contributed by atoms with van der Waals surface area (Å²) >= 11 is 0. The van der Waals surface area contributed by atoms with Crippen molar-refractivity contribution in [2.75, 3.05) is 57.4 Å². The van der Waals surface area contributed by atoms with Gasteiger partial charge >= 0.3 is 12.1 Å². The molecular formula is C28H40N4O4. The summed E-state index contributed by atoms with van der Waals surface area (Å²) in [5.41, 5.74) is 2.81. The van der Waals surface area contributed by atoms with E-state index in [0.717, 1.165) is 64.3 Å². The molecule has 1 saturated carbocycles. The highest BCUT2D eigenvalue weighted by molar-refractivity contribution is 5.78. The largest absolute Gasteiger partial charge is 0.466 e. The number of aromatic nitrogens is 1. The average molecular weight is 497 g/mol. The highest BCUT2D eigenvalue weighted by Gasteiger charge is 2.51. The Bertz CT molecular complexity index is 982. The molecule has 0 bridgehead atoms. The Morgan fingerprint density at radius 3 is 2.56 bits per heavy atom. The lowest BCUT2D eigenvalue weighted by atomic mass is 9.78. The van der Waals surface area contributed by atoms with E-state index in [1.807, 2.05) is 31.0 Å². The van der Waals surface area contributed by atoms with Gasteiger partial charge in [0, 0.05) is 62.5 Å². The number of allylic oxidation sites excluding steroid dienone is 2. The first-order chi connectivity index (χ1) is 17.5. The van der Waals surface area contributed by atoms with Gasteiger partial charge in [0.25, 0.3) is 0 Å². The van der Waals surface area contributed by atoms with Gasteiger partial charge in [-0.2, -0.15) is 0 Å². The number of hydrogen-bond acceptors (Lipinski definition) is 7. The Labute approximate surface area is 214 Å². The zero-order valence-electron chi connectivity index (χ0n) is 21.8. The number of pyridine rings is 1. The van der Waals surface area contributed by atoms with Gasteiger partial charge in [0.15, 0.2) is 0 Å². The molecule has 5 rings (SSSR count). The van der Waals surface area contributed by atoms with Crippen molar-refractivity contribution in [3.8, 4) is 0 Å². The quantitative estimate of drug-likeness (QED) is 0.552. The molecule has 2 saturated heterocycles. The van der Waals surface area contributed by atoms with Gasteiger partial charge in [0.2, 0.25) is 0 Å². The van der Waals surface area contributed by atoms with Crippen molar-refractivity contribution in [2.24, 2.45) is 11.3 Å². The van der Waals surface area contributed by atoms with Gasteiger partial charge in [-0.05, 0) is 70.1 Å². The molecule has 3 heterocycles.